The van der Waals surface area contributed by atoms with Crippen LogP contribution in [0.2, 0.25) is 0 Å². The van der Waals surface area contributed by atoms with Gasteiger partial charge in [-0.25, -0.2) is 4.79 Å². The van der Waals surface area contributed by atoms with Crippen LogP contribution in [-0.4, -0.2) is 21.9 Å². The summed E-state index contributed by atoms with van der Waals surface area (Å²) in [6.07, 6.45) is 3.46. The maximum atomic E-state index is 11.4. The summed E-state index contributed by atoms with van der Waals surface area (Å²) in [5.74, 6) is -0.0150. The highest BCUT2D eigenvalue weighted by molar-refractivity contribution is 5.94. The second-order valence-corrected chi connectivity index (χ2v) is 3.17. The van der Waals surface area contributed by atoms with Gasteiger partial charge in [-0.15, -0.1) is 0 Å². The van der Waals surface area contributed by atoms with Crippen LogP contribution in [0.25, 0.3) is 0 Å². The predicted octanol–water partition coefficient (Wildman–Crippen LogP) is 0.322. The second-order valence-electron chi connectivity index (χ2n) is 3.17. The number of hydrogen-bond acceptors (Lipinski definition) is 4. The van der Waals surface area contributed by atoms with E-state index in [2.05, 4.69) is 5.10 Å². The van der Waals surface area contributed by atoms with E-state index < -0.39 is 0 Å². The van der Waals surface area contributed by atoms with E-state index in [1.807, 2.05) is 0 Å². The molecular weight excluding hydrogens is 170 g/mol. The SMILES string of the molecule is Cn1ncc(C(=O)OC2CC2)c1N. The zero-order valence-electron chi connectivity index (χ0n) is 7.36. The number of nitrogen functional groups attached to an aromatic ring is 1. The van der Waals surface area contributed by atoms with Crippen molar-refractivity contribution < 1.29 is 9.53 Å². The lowest BCUT2D eigenvalue weighted by atomic mass is 10.3. The molecule has 0 aromatic carbocycles. The van der Waals surface area contributed by atoms with Crippen molar-refractivity contribution in [3.8, 4) is 0 Å². The molecule has 2 rings (SSSR count). The van der Waals surface area contributed by atoms with Gasteiger partial charge in [0, 0.05) is 7.05 Å². The van der Waals surface area contributed by atoms with Gasteiger partial charge in [0.05, 0.1) is 6.20 Å². The number of esters is 1. The van der Waals surface area contributed by atoms with Crippen LogP contribution < -0.4 is 5.73 Å². The number of aryl methyl sites for hydroxylation is 1. The van der Waals surface area contributed by atoms with E-state index in [1.165, 1.54) is 10.9 Å². The van der Waals surface area contributed by atoms with Gasteiger partial charge in [0.15, 0.2) is 0 Å². The van der Waals surface area contributed by atoms with Crippen LogP contribution >= 0.6 is 0 Å². The molecular formula is C8H11N3O2. The molecule has 1 saturated carbocycles. The number of rotatable bonds is 2. The number of carbonyl (C=O) groups is 1. The molecule has 13 heavy (non-hydrogen) atoms. The molecule has 0 amide bonds. The lowest BCUT2D eigenvalue weighted by Gasteiger charge is -2.00. The number of aromatic nitrogens is 2. The highest BCUT2D eigenvalue weighted by Crippen LogP contribution is 2.25. The van der Waals surface area contributed by atoms with E-state index in [1.54, 1.807) is 7.05 Å². The number of ether oxygens (including phenoxy) is 1. The molecule has 5 heteroatoms. The smallest absolute Gasteiger partial charge is 0.343 e. The lowest BCUT2D eigenvalue weighted by Crippen LogP contribution is -2.09. The maximum Gasteiger partial charge on any atom is 0.343 e. The summed E-state index contributed by atoms with van der Waals surface area (Å²) in [7, 11) is 1.68. The second kappa shape index (κ2) is 2.76. The molecule has 5 nitrogen and oxygen atoms in total. The summed E-state index contributed by atoms with van der Waals surface area (Å²) in [6, 6.07) is 0. The van der Waals surface area contributed by atoms with Crippen molar-refractivity contribution in [3.05, 3.63) is 11.8 Å². The van der Waals surface area contributed by atoms with Crippen molar-refractivity contribution in [3.63, 3.8) is 0 Å². The molecule has 0 unspecified atom stereocenters. The molecule has 1 aromatic rings. The summed E-state index contributed by atoms with van der Waals surface area (Å²) in [5, 5.41) is 3.86. The first-order chi connectivity index (χ1) is 6.18. The Balaban J connectivity index is 2.14. The summed E-state index contributed by atoms with van der Waals surface area (Å²) in [4.78, 5) is 11.4. The average molecular weight is 181 g/mol. The minimum absolute atomic E-state index is 0.104. The zero-order valence-corrected chi connectivity index (χ0v) is 7.36. The standard InChI is InChI=1S/C8H11N3O2/c1-11-7(9)6(4-10-11)8(12)13-5-2-3-5/h4-5H,2-3,9H2,1H3. The first-order valence-corrected chi connectivity index (χ1v) is 4.17. The number of carbonyl (C=O) groups excluding carboxylic acids is 1. The van der Waals surface area contributed by atoms with E-state index in [4.69, 9.17) is 10.5 Å². The summed E-state index contributed by atoms with van der Waals surface area (Å²) in [5.41, 5.74) is 5.96. The van der Waals surface area contributed by atoms with Crippen LogP contribution in [0.5, 0.6) is 0 Å². The summed E-state index contributed by atoms with van der Waals surface area (Å²) < 4.78 is 6.52. The van der Waals surface area contributed by atoms with Gasteiger partial charge in [-0.3, -0.25) is 4.68 Å². The van der Waals surface area contributed by atoms with Gasteiger partial charge in [0.2, 0.25) is 0 Å². The van der Waals surface area contributed by atoms with Crippen LogP contribution in [0.15, 0.2) is 6.20 Å². The Kier molecular flexibility index (Phi) is 1.72. The van der Waals surface area contributed by atoms with E-state index >= 15 is 0 Å². The largest absolute Gasteiger partial charge is 0.459 e. The van der Waals surface area contributed by atoms with E-state index in [0.717, 1.165) is 12.8 Å². The van der Waals surface area contributed by atoms with Gasteiger partial charge in [-0.2, -0.15) is 5.10 Å². The molecule has 0 atom stereocenters. The van der Waals surface area contributed by atoms with E-state index in [0.29, 0.717) is 11.4 Å². The van der Waals surface area contributed by atoms with Gasteiger partial charge < -0.3 is 10.5 Å². The Morgan fingerprint density at radius 1 is 1.77 bits per heavy atom. The Bertz CT molecular complexity index is 341. The molecule has 70 valence electrons. The predicted molar refractivity (Wildman–Crippen MR) is 46.1 cm³/mol. The third-order valence-corrected chi connectivity index (χ3v) is 2.00. The van der Waals surface area contributed by atoms with Gasteiger partial charge in [0.1, 0.15) is 17.5 Å². The monoisotopic (exact) mass is 181 g/mol. The molecule has 0 spiro atoms. The van der Waals surface area contributed by atoms with Crippen molar-refractivity contribution >= 4 is 11.8 Å². The molecule has 0 bridgehead atoms. The molecule has 1 heterocycles. The fourth-order valence-corrected chi connectivity index (χ4v) is 1.01. The number of anilines is 1. The van der Waals surface area contributed by atoms with Crippen LogP contribution in [-0.2, 0) is 11.8 Å². The molecule has 1 aliphatic rings. The van der Waals surface area contributed by atoms with Gasteiger partial charge in [0.25, 0.3) is 0 Å². The van der Waals surface area contributed by atoms with Crippen LogP contribution in [0.3, 0.4) is 0 Å². The Morgan fingerprint density at radius 2 is 2.46 bits per heavy atom. The third-order valence-electron chi connectivity index (χ3n) is 2.00. The van der Waals surface area contributed by atoms with Gasteiger partial charge in [-0.05, 0) is 12.8 Å². The Labute approximate surface area is 75.5 Å². The zero-order chi connectivity index (χ0) is 9.42. The molecule has 0 radical (unpaired) electrons. The topological polar surface area (TPSA) is 70.1 Å². The molecule has 2 N–H and O–H groups in total. The Morgan fingerprint density at radius 3 is 2.92 bits per heavy atom. The van der Waals surface area contributed by atoms with Crippen LogP contribution in [0, 0.1) is 0 Å². The van der Waals surface area contributed by atoms with E-state index in [9.17, 15) is 4.79 Å². The van der Waals surface area contributed by atoms with Crippen molar-refractivity contribution in [1.82, 2.24) is 9.78 Å². The van der Waals surface area contributed by atoms with Gasteiger partial charge in [-0.1, -0.05) is 0 Å². The van der Waals surface area contributed by atoms with Gasteiger partial charge >= 0.3 is 5.97 Å². The molecule has 0 saturated heterocycles. The number of hydrogen-bond donors (Lipinski definition) is 1. The third kappa shape index (κ3) is 1.49. The number of nitrogens with zero attached hydrogens (tertiary/aromatic N) is 2. The molecule has 1 fully saturated rings. The van der Waals surface area contributed by atoms with Crippen LogP contribution in [0.1, 0.15) is 23.2 Å². The minimum atomic E-state index is -0.367. The highest BCUT2D eigenvalue weighted by atomic mass is 16.5. The average Bonchev–Trinajstić information content (AvgIpc) is 2.82. The first kappa shape index (κ1) is 8.10. The lowest BCUT2D eigenvalue weighted by molar-refractivity contribution is 0.0473. The Hall–Kier alpha value is -1.52. The maximum absolute atomic E-state index is 11.4. The minimum Gasteiger partial charge on any atom is -0.459 e. The fraction of sp³-hybridized carbons (Fsp3) is 0.500. The molecule has 1 aliphatic carbocycles. The number of nitrogens with two attached hydrogens (primary N) is 1. The van der Waals surface area contributed by atoms with Crippen molar-refractivity contribution in [2.75, 3.05) is 5.73 Å². The van der Waals surface area contributed by atoms with E-state index in [-0.39, 0.29) is 12.1 Å². The first-order valence-electron chi connectivity index (χ1n) is 4.17. The van der Waals surface area contributed by atoms with Crippen molar-refractivity contribution in [2.24, 2.45) is 7.05 Å². The van der Waals surface area contributed by atoms with Crippen molar-refractivity contribution in [1.29, 1.82) is 0 Å². The molecule has 1 aromatic heterocycles. The van der Waals surface area contributed by atoms with Crippen molar-refractivity contribution in [2.45, 2.75) is 18.9 Å². The summed E-state index contributed by atoms with van der Waals surface area (Å²) >= 11 is 0. The highest BCUT2D eigenvalue weighted by Gasteiger charge is 2.28. The molecule has 0 aliphatic heterocycles. The fourth-order valence-electron chi connectivity index (χ4n) is 1.01. The van der Waals surface area contributed by atoms with Crippen LogP contribution in [0.4, 0.5) is 5.82 Å². The normalized spacial score (nSPS) is 15.8. The summed E-state index contributed by atoms with van der Waals surface area (Å²) in [6.45, 7) is 0. The quantitative estimate of drug-likeness (QED) is 0.667.